The number of anilines is 2. The van der Waals surface area contributed by atoms with Gasteiger partial charge in [0.05, 0.1) is 18.7 Å². The van der Waals surface area contributed by atoms with Gasteiger partial charge >= 0.3 is 0 Å². The van der Waals surface area contributed by atoms with E-state index in [-0.39, 0.29) is 24.8 Å². The van der Waals surface area contributed by atoms with Gasteiger partial charge in [-0.15, -0.1) is 0 Å². The third kappa shape index (κ3) is 3.86. The molecule has 1 atom stereocenters. The number of ether oxygens (including phenoxy) is 1. The third-order valence-electron chi connectivity index (χ3n) is 4.35. The molecule has 26 heavy (non-hydrogen) atoms. The summed E-state index contributed by atoms with van der Waals surface area (Å²) in [5.41, 5.74) is 2.32. The molecule has 136 valence electrons. The normalized spacial score (nSPS) is 16.7. The van der Waals surface area contributed by atoms with E-state index in [1.54, 1.807) is 23.1 Å². The van der Waals surface area contributed by atoms with Crippen molar-refractivity contribution in [3.63, 3.8) is 0 Å². The van der Waals surface area contributed by atoms with Crippen LogP contribution in [0.1, 0.15) is 12.0 Å². The number of nitrogens with zero attached hydrogens (tertiary/aromatic N) is 1. The van der Waals surface area contributed by atoms with Crippen molar-refractivity contribution in [1.29, 1.82) is 0 Å². The van der Waals surface area contributed by atoms with Gasteiger partial charge in [-0.05, 0) is 48.9 Å². The summed E-state index contributed by atoms with van der Waals surface area (Å²) in [6.07, 6.45) is 0.150. The predicted molar refractivity (Wildman–Crippen MR) is 106 cm³/mol. The van der Waals surface area contributed by atoms with Crippen LogP contribution in [0.25, 0.3) is 0 Å². The molecule has 1 aliphatic rings. The molecular weight excluding hydrogens is 420 g/mol. The number of benzene rings is 2. The third-order valence-corrected chi connectivity index (χ3v) is 5.48. The highest BCUT2D eigenvalue weighted by molar-refractivity contribution is 9.10. The van der Waals surface area contributed by atoms with Crippen LogP contribution >= 0.6 is 27.5 Å². The fourth-order valence-electron chi connectivity index (χ4n) is 2.96. The molecule has 0 aliphatic carbocycles. The maximum atomic E-state index is 12.6. The minimum absolute atomic E-state index is 0.127. The molecule has 1 N–H and O–H groups in total. The zero-order valence-corrected chi connectivity index (χ0v) is 16.7. The topological polar surface area (TPSA) is 58.6 Å². The lowest BCUT2D eigenvalue weighted by Crippen LogP contribution is -2.28. The first-order valence-electron chi connectivity index (χ1n) is 8.10. The van der Waals surface area contributed by atoms with Gasteiger partial charge in [-0.2, -0.15) is 0 Å². The minimum Gasteiger partial charge on any atom is -0.495 e. The van der Waals surface area contributed by atoms with Crippen LogP contribution in [0.2, 0.25) is 5.02 Å². The van der Waals surface area contributed by atoms with Gasteiger partial charge in [-0.1, -0.05) is 27.5 Å². The van der Waals surface area contributed by atoms with Crippen LogP contribution in [-0.2, 0) is 9.59 Å². The van der Waals surface area contributed by atoms with E-state index in [0.717, 1.165) is 10.0 Å². The summed E-state index contributed by atoms with van der Waals surface area (Å²) < 4.78 is 6.30. The largest absolute Gasteiger partial charge is 0.495 e. The van der Waals surface area contributed by atoms with E-state index in [9.17, 15) is 9.59 Å². The first-order chi connectivity index (χ1) is 12.4. The highest BCUT2D eigenvalue weighted by atomic mass is 79.9. The Kier molecular flexibility index (Phi) is 5.53. The number of hydrogen-bond acceptors (Lipinski definition) is 3. The molecule has 1 saturated heterocycles. The molecule has 5 nitrogen and oxygen atoms in total. The zero-order valence-electron chi connectivity index (χ0n) is 14.4. The van der Waals surface area contributed by atoms with Gasteiger partial charge in [0.15, 0.2) is 0 Å². The zero-order chi connectivity index (χ0) is 18.8. The number of carbonyl (C=O) groups is 2. The fraction of sp³-hybridized carbons (Fsp3) is 0.263. The van der Waals surface area contributed by atoms with E-state index in [0.29, 0.717) is 22.1 Å². The number of amides is 2. The lowest BCUT2D eigenvalue weighted by atomic mass is 10.1. The van der Waals surface area contributed by atoms with Crippen LogP contribution in [-0.4, -0.2) is 25.5 Å². The SMILES string of the molecule is COc1ccc(Cl)cc1N1C[C@H](C(=O)Nc2ccc(Br)c(C)c2)CC1=O. The number of nitrogens with one attached hydrogen (secondary N) is 1. The molecule has 2 aromatic rings. The molecule has 7 heteroatoms. The molecule has 0 aromatic heterocycles. The Labute approximate surface area is 165 Å². The molecule has 2 aromatic carbocycles. The molecular formula is C19H18BrClN2O3. The Morgan fingerprint density at radius 1 is 1.31 bits per heavy atom. The lowest BCUT2D eigenvalue weighted by Gasteiger charge is -2.20. The summed E-state index contributed by atoms with van der Waals surface area (Å²) in [7, 11) is 1.54. The number of aryl methyl sites for hydroxylation is 1. The summed E-state index contributed by atoms with van der Waals surface area (Å²) in [6.45, 7) is 2.24. The van der Waals surface area contributed by atoms with Crippen molar-refractivity contribution in [2.75, 3.05) is 23.9 Å². The van der Waals surface area contributed by atoms with Crippen LogP contribution in [0.4, 0.5) is 11.4 Å². The summed E-state index contributed by atoms with van der Waals surface area (Å²) in [4.78, 5) is 26.6. The summed E-state index contributed by atoms with van der Waals surface area (Å²) in [5.74, 6) is -0.191. The standard InChI is InChI=1S/C19H18BrClN2O3/c1-11-7-14(4-5-15(11)20)22-19(25)12-8-18(24)23(10-12)16-9-13(21)3-6-17(16)26-2/h3-7,9,12H,8,10H2,1-2H3,(H,22,25)/t12-/m1/s1. The monoisotopic (exact) mass is 436 g/mol. The van der Waals surface area contributed by atoms with Gasteiger partial charge in [0.1, 0.15) is 5.75 Å². The van der Waals surface area contributed by atoms with E-state index >= 15 is 0 Å². The van der Waals surface area contributed by atoms with Crippen molar-refractivity contribution in [1.82, 2.24) is 0 Å². The van der Waals surface area contributed by atoms with Crippen LogP contribution < -0.4 is 15.0 Å². The number of rotatable bonds is 4. The second kappa shape index (κ2) is 7.68. The minimum atomic E-state index is -0.435. The Morgan fingerprint density at radius 2 is 2.08 bits per heavy atom. The van der Waals surface area contributed by atoms with Crippen LogP contribution in [0, 0.1) is 12.8 Å². The van der Waals surface area contributed by atoms with Crippen LogP contribution in [0.15, 0.2) is 40.9 Å². The van der Waals surface area contributed by atoms with E-state index in [4.69, 9.17) is 16.3 Å². The molecule has 3 rings (SSSR count). The van der Waals surface area contributed by atoms with E-state index < -0.39 is 5.92 Å². The number of carbonyl (C=O) groups excluding carboxylic acids is 2. The van der Waals surface area contributed by atoms with Gasteiger partial charge in [0, 0.05) is 28.1 Å². The summed E-state index contributed by atoms with van der Waals surface area (Å²) in [6, 6.07) is 10.7. The number of halogens is 2. The van der Waals surface area contributed by atoms with Crippen molar-refractivity contribution in [3.05, 3.63) is 51.5 Å². The van der Waals surface area contributed by atoms with Gasteiger partial charge in [-0.25, -0.2) is 0 Å². The Balaban J connectivity index is 1.76. The van der Waals surface area contributed by atoms with Crippen molar-refractivity contribution >= 4 is 50.7 Å². The van der Waals surface area contributed by atoms with Gasteiger partial charge in [-0.3, -0.25) is 9.59 Å². The van der Waals surface area contributed by atoms with Crippen LogP contribution in [0.5, 0.6) is 5.75 Å². The smallest absolute Gasteiger partial charge is 0.229 e. The Hall–Kier alpha value is -2.05. The molecule has 0 bridgehead atoms. The summed E-state index contributed by atoms with van der Waals surface area (Å²) in [5, 5.41) is 3.39. The van der Waals surface area contributed by atoms with Gasteiger partial charge < -0.3 is 15.0 Å². The molecule has 0 spiro atoms. The number of hydrogen-bond donors (Lipinski definition) is 1. The second-order valence-electron chi connectivity index (χ2n) is 6.17. The fourth-order valence-corrected chi connectivity index (χ4v) is 3.37. The molecule has 0 radical (unpaired) electrons. The average molecular weight is 438 g/mol. The first kappa shape index (κ1) is 18.7. The molecule has 1 heterocycles. The van der Waals surface area contributed by atoms with E-state index in [1.165, 1.54) is 7.11 Å². The van der Waals surface area contributed by atoms with Gasteiger partial charge in [0.2, 0.25) is 11.8 Å². The van der Waals surface area contributed by atoms with Crippen molar-refractivity contribution in [2.24, 2.45) is 5.92 Å². The summed E-state index contributed by atoms with van der Waals surface area (Å²) >= 11 is 9.49. The Bertz CT molecular complexity index is 872. The second-order valence-corrected chi connectivity index (χ2v) is 7.47. The predicted octanol–water partition coefficient (Wildman–Crippen LogP) is 4.41. The highest BCUT2D eigenvalue weighted by Crippen LogP contribution is 2.35. The molecule has 1 fully saturated rings. The van der Waals surface area contributed by atoms with Gasteiger partial charge in [0.25, 0.3) is 0 Å². The van der Waals surface area contributed by atoms with Crippen molar-refractivity contribution in [2.45, 2.75) is 13.3 Å². The van der Waals surface area contributed by atoms with Crippen molar-refractivity contribution < 1.29 is 14.3 Å². The molecule has 2 amide bonds. The maximum absolute atomic E-state index is 12.6. The van der Waals surface area contributed by atoms with Crippen LogP contribution in [0.3, 0.4) is 0 Å². The van der Waals surface area contributed by atoms with E-state index in [2.05, 4.69) is 21.2 Å². The lowest BCUT2D eigenvalue weighted by molar-refractivity contribution is -0.122. The molecule has 0 saturated carbocycles. The van der Waals surface area contributed by atoms with Crippen molar-refractivity contribution in [3.8, 4) is 5.75 Å². The number of methoxy groups -OCH3 is 1. The maximum Gasteiger partial charge on any atom is 0.229 e. The molecule has 1 aliphatic heterocycles. The Morgan fingerprint density at radius 3 is 2.77 bits per heavy atom. The van der Waals surface area contributed by atoms with E-state index in [1.807, 2.05) is 25.1 Å². The average Bonchev–Trinajstić information content (AvgIpc) is 3.00. The first-order valence-corrected chi connectivity index (χ1v) is 9.27. The quantitative estimate of drug-likeness (QED) is 0.771. The molecule has 0 unspecified atom stereocenters. The highest BCUT2D eigenvalue weighted by Gasteiger charge is 2.36.